The highest BCUT2D eigenvalue weighted by atomic mass is 16.5. The van der Waals surface area contributed by atoms with Crippen molar-refractivity contribution in [1.29, 1.82) is 0 Å². The van der Waals surface area contributed by atoms with E-state index in [1.807, 2.05) is 31.2 Å². The Labute approximate surface area is 148 Å². The molecule has 1 aromatic carbocycles. The summed E-state index contributed by atoms with van der Waals surface area (Å²) in [5.74, 6) is 1.28. The van der Waals surface area contributed by atoms with Crippen molar-refractivity contribution in [3.63, 3.8) is 0 Å². The summed E-state index contributed by atoms with van der Waals surface area (Å²) >= 11 is 0. The molecule has 1 heterocycles. The van der Waals surface area contributed by atoms with Crippen LogP contribution < -0.4 is 15.4 Å². The maximum Gasteiger partial charge on any atom is 0.270 e. The molecule has 1 fully saturated rings. The van der Waals surface area contributed by atoms with Crippen molar-refractivity contribution < 1.29 is 9.53 Å². The van der Waals surface area contributed by atoms with Gasteiger partial charge in [0.2, 0.25) is 0 Å². The Balaban J connectivity index is 1.63. The standard InChI is InChI=1S/C19H24N4O2/c1-2-25-16-10-8-15(9-11-16)22-18-12-17(20-13-21-18)19(24)23-14-6-4-3-5-7-14/h8-14H,2-7H2,1H3,(H,23,24)(H,20,21,22). The Bertz CT molecular complexity index is 697. The molecule has 0 aliphatic heterocycles. The molecule has 25 heavy (non-hydrogen) atoms. The monoisotopic (exact) mass is 340 g/mol. The van der Waals surface area contributed by atoms with Gasteiger partial charge in [-0.05, 0) is 44.0 Å². The van der Waals surface area contributed by atoms with Gasteiger partial charge in [-0.3, -0.25) is 4.79 Å². The van der Waals surface area contributed by atoms with Crippen LogP contribution in [0.2, 0.25) is 0 Å². The lowest BCUT2D eigenvalue weighted by Gasteiger charge is -2.22. The number of carbonyl (C=O) groups excluding carboxylic acids is 1. The van der Waals surface area contributed by atoms with Crippen molar-refractivity contribution in [1.82, 2.24) is 15.3 Å². The minimum absolute atomic E-state index is 0.135. The van der Waals surface area contributed by atoms with Gasteiger partial charge < -0.3 is 15.4 Å². The fraction of sp³-hybridized carbons (Fsp3) is 0.421. The topological polar surface area (TPSA) is 76.1 Å². The van der Waals surface area contributed by atoms with Gasteiger partial charge in [0.15, 0.2) is 0 Å². The van der Waals surface area contributed by atoms with Crippen molar-refractivity contribution in [2.75, 3.05) is 11.9 Å². The number of hydrogen-bond acceptors (Lipinski definition) is 5. The van der Waals surface area contributed by atoms with Gasteiger partial charge in [0, 0.05) is 17.8 Å². The fourth-order valence-electron chi connectivity index (χ4n) is 3.01. The Kier molecular flexibility index (Phi) is 5.82. The summed E-state index contributed by atoms with van der Waals surface area (Å²) in [6.07, 6.45) is 7.13. The van der Waals surface area contributed by atoms with Crippen LogP contribution in [-0.4, -0.2) is 28.5 Å². The summed E-state index contributed by atoms with van der Waals surface area (Å²) in [6, 6.07) is 9.55. The van der Waals surface area contributed by atoms with Crippen LogP contribution in [0.3, 0.4) is 0 Å². The van der Waals surface area contributed by atoms with E-state index in [-0.39, 0.29) is 11.9 Å². The van der Waals surface area contributed by atoms with Crippen molar-refractivity contribution in [2.24, 2.45) is 0 Å². The molecule has 3 rings (SSSR count). The predicted molar refractivity (Wildman–Crippen MR) is 97.3 cm³/mol. The second-order valence-corrected chi connectivity index (χ2v) is 6.18. The Morgan fingerprint density at radius 2 is 1.92 bits per heavy atom. The summed E-state index contributed by atoms with van der Waals surface area (Å²) in [5.41, 5.74) is 1.26. The summed E-state index contributed by atoms with van der Waals surface area (Å²) in [5, 5.41) is 6.26. The Morgan fingerprint density at radius 1 is 1.16 bits per heavy atom. The molecular formula is C19H24N4O2. The van der Waals surface area contributed by atoms with Crippen molar-refractivity contribution in [2.45, 2.75) is 45.1 Å². The van der Waals surface area contributed by atoms with Gasteiger partial charge in [-0.25, -0.2) is 9.97 Å². The summed E-state index contributed by atoms with van der Waals surface area (Å²) in [6.45, 7) is 2.59. The number of aromatic nitrogens is 2. The SMILES string of the molecule is CCOc1ccc(Nc2cc(C(=O)NC3CCCCC3)ncn2)cc1. The summed E-state index contributed by atoms with van der Waals surface area (Å²) < 4.78 is 5.43. The zero-order chi connectivity index (χ0) is 17.5. The van der Waals surface area contributed by atoms with Gasteiger partial charge in [0.05, 0.1) is 6.61 Å². The highest BCUT2D eigenvalue weighted by Crippen LogP contribution is 2.20. The van der Waals surface area contributed by atoms with E-state index in [0.29, 0.717) is 18.1 Å². The van der Waals surface area contributed by atoms with E-state index in [0.717, 1.165) is 24.3 Å². The lowest BCUT2D eigenvalue weighted by Crippen LogP contribution is -2.36. The van der Waals surface area contributed by atoms with E-state index in [2.05, 4.69) is 20.6 Å². The molecule has 1 aromatic heterocycles. The number of hydrogen-bond donors (Lipinski definition) is 2. The lowest BCUT2D eigenvalue weighted by molar-refractivity contribution is 0.0922. The van der Waals surface area contributed by atoms with Crippen molar-refractivity contribution in [3.05, 3.63) is 42.4 Å². The van der Waals surface area contributed by atoms with Gasteiger partial charge in [-0.15, -0.1) is 0 Å². The number of benzene rings is 1. The average molecular weight is 340 g/mol. The highest BCUT2D eigenvalue weighted by molar-refractivity contribution is 5.93. The molecule has 2 N–H and O–H groups in total. The second-order valence-electron chi connectivity index (χ2n) is 6.18. The van der Waals surface area contributed by atoms with Crippen LogP contribution in [0.5, 0.6) is 5.75 Å². The zero-order valence-electron chi connectivity index (χ0n) is 14.5. The molecule has 0 bridgehead atoms. The molecule has 0 spiro atoms. The molecular weight excluding hydrogens is 316 g/mol. The third-order valence-electron chi connectivity index (χ3n) is 4.28. The van der Waals surface area contributed by atoms with E-state index >= 15 is 0 Å². The number of nitrogens with zero attached hydrogens (tertiary/aromatic N) is 2. The smallest absolute Gasteiger partial charge is 0.270 e. The first kappa shape index (κ1) is 17.2. The molecule has 0 saturated heterocycles. The largest absolute Gasteiger partial charge is 0.494 e. The third kappa shape index (κ3) is 4.92. The molecule has 0 atom stereocenters. The number of rotatable bonds is 6. The molecule has 0 radical (unpaired) electrons. The van der Waals surface area contributed by atoms with Gasteiger partial charge in [-0.2, -0.15) is 0 Å². The lowest BCUT2D eigenvalue weighted by atomic mass is 9.95. The molecule has 2 aromatic rings. The van der Waals surface area contributed by atoms with E-state index in [4.69, 9.17) is 4.74 Å². The number of ether oxygens (including phenoxy) is 1. The van der Waals surface area contributed by atoms with E-state index in [9.17, 15) is 4.79 Å². The normalized spacial score (nSPS) is 14.8. The molecule has 1 saturated carbocycles. The van der Waals surface area contributed by atoms with Crippen LogP contribution in [0.15, 0.2) is 36.7 Å². The van der Waals surface area contributed by atoms with Crippen molar-refractivity contribution >= 4 is 17.4 Å². The molecule has 132 valence electrons. The Morgan fingerprint density at radius 3 is 2.64 bits per heavy atom. The van der Waals surface area contributed by atoms with E-state index in [1.54, 1.807) is 6.07 Å². The zero-order valence-corrected chi connectivity index (χ0v) is 14.5. The first-order valence-corrected chi connectivity index (χ1v) is 8.87. The van der Waals surface area contributed by atoms with Crippen molar-refractivity contribution in [3.8, 4) is 5.75 Å². The van der Waals surface area contributed by atoms with Gasteiger partial charge in [0.25, 0.3) is 5.91 Å². The van der Waals surface area contributed by atoms with Crippen LogP contribution >= 0.6 is 0 Å². The second kappa shape index (κ2) is 8.46. The maximum absolute atomic E-state index is 12.4. The minimum Gasteiger partial charge on any atom is -0.494 e. The average Bonchev–Trinajstić information content (AvgIpc) is 2.65. The van der Waals surface area contributed by atoms with Crippen LogP contribution in [-0.2, 0) is 0 Å². The molecule has 1 aliphatic carbocycles. The Hall–Kier alpha value is -2.63. The number of nitrogens with one attached hydrogen (secondary N) is 2. The summed E-state index contributed by atoms with van der Waals surface area (Å²) in [4.78, 5) is 20.7. The molecule has 6 heteroatoms. The molecule has 1 aliphatic rings. The summed E-state index contributed by atoms with van der Waals surface area (Å²) in [7, 11) is 0. The molecule has 1 amide bonds. The first-order chi connectivity index (χ1) is 12.2. The molecule has 0 unspecified atom stereocenters. The molecule has 6 nitrogen and oxygen atoms in total. The van der Waals surface area contributed by atoms with Gasteiger partial charge in [-0.1, -0.05) is 19.3 Å². The van der Waals surface area contributed by atoms with Crippen LogP contribution in [0.1, 0.15) is 49.5 Å². The number of amides is 1. The highest BCUT2D eigenvalue weighted by Gasteiger charge is 2.17. The minimum atomic E-state index is -0.135. The van der Waals surface area contributed by atoms with Gasteiger partial charge in [0.1, 0.15) is 23.6 Å². The predicted octanol–water partition coefficient (Wildman–Crippen LogP) is 3.68. The van der Waals surface area contributed by atoms with Gasteiger partial charge >= 0.3 is 0 Å². The van der Waals surface area contributed by atoms with Crippen LogP contribution in [0.25, 0.3) is 0 Å². The van der Waals surface area contributed by atoms with Crippen LogP contribution in [0, 0.1) is 0 Å². The van der Waals surface area contributed by atoms with E-state index in [1.165, 1.54) is 25.6 Å². The maximum atomic E-state index is 12.4. The number of anilines is 2. The first-order valence-electron chi connectivity index (χ1n) is 8.87. The third-order valence-corrected chi connectivity index (χ3v) is 4.28. The quantitative estimate of drug-likeness (QED) is 0.839. The van der Waals surface area contributed by atoms with Crippen LogP contribution in [0.4, 0.5) is 11.5 Å². The fourth-order valence-corrected chi connectivity index (χ4v) is 3.01. The van der Waals surface area contributed by atoms with E-state index < -0.39 is 0 Å². The number of carbonyl (C=O) groups is 1.